The molecule has 2 aromatic rings. The molecule has 29 heavy (non-hydrogen) atoms. The van der Waals surface area contributed by atoms with Crippen molar-refractivity contribution >= 4 is 63.2 Å². The Hall–Kier alpha value is -2.90. The monoisotopic (exact) mass is 474 g/mol. The van der Waals surface area contributed by atoms with Crippen LogP contribution in [0.25, 0.3) is 0 Å². The predicted octanol–water partition coefficient (Wildman–Crippen LogP) is 6.13. The van der Waals surface area contributed by atoms with Gasteiger partial charge < -0.3 is 5.32 Å². The molecule has 0 spiro atoms. The van der Waals surface area contributed by atoms with Gasteiger partial charge in [0.15, 0.2) is 5.69 Å². The molecule has 0 aliphatic heterocycles. The lowest BCUT2D eigenvalue weighted by Crippen LogP contribution is -2.11. The summed E-state index contributed by atoms with van der Waals surface area (Å²) in [7, 11) is 0. The minimum absolute atomic E-state index is 0.00483. The number of hydrogen-bond donors (Lipinski definition) is 1. The van der Waals surface area contributed by atoms with Gasteiger partial charge in [0.1, 0.15) is 5.02 Å². The first-order chi connectivity index (χ1) is 13.3. The fourth-order valence-corrected chi connectivity index (χ4v) is 3.08. The van der Waals surface area contributed by atoms with Gasteiger partial charge in [-0.3, -0.25) is 30.3 Å². The maximum Gasteiger partial charge on any atom is 0.418 e. The van der Waals surface area contributed by atoms with Crippen molar-refractivity contribution in [1.82, 2.24) is 0 Å². The third kappa shape index (κ3) is 4.41. The summed E-state index contributed by atoms with van der Waals surface area (Å²) in [6, 6.07) is 1.56. The lowest BCUT2D eigenvalue weighted by atomic mass is 10.1. The Morgan fingerprint density at radius 1 is 0.828 bits per heavy atom. The Bertz CT molecular complexity index is 1040. The molecule has 154 valence electrons. The largest absolute Gasteiger partial charge is 0.418 e. The Kier molecular flexibility index (Phi) is 6.06. The number of nitro groups is 3. The van der Waals surface area contributed by atoms with Crippen molar-refractivity contribution in [3.05, 3.63) is 69.2 Å². The van der Waals surface area contributed by atoms with E-state index in [1.807, 2.05) is 0 Å². The third-order valence-electron chi connectivity index (χ3n) is 3.39. The molecule has 0 aromatic heterocycles. The van der Waals surface area contributed by atoms with Crippen LogP contribution < -0.4 is 5.32 Å². The van der Waals surface area contributed by atoms with Gasteiger partial charge >= 0.3 is 17.6 Å². The summed E-state index contributed by atoms with van der Waals surface area (Å²) in [5.74, 6) is 0. The maximum absolute atomic E-state index is 13.1. The molecule has 0 amide bonds. The van der Waals surface area contributed by atoms with Crippen LogP contribution in [0.1, 0.15) is 5.56 Å². The summed E-state index contributed by atoms with van der Waals surface area (Å²) < 4.78 is 39.3. The van der Waals surface area contributed by atoms with Crippen molar-refractivity contribution in [1.29, 1.82) is 0 Å². The van der Waals surface area contributed by atoms with Crippen LogP contribution in [0.2, 0.25) is 15.1 Å². The van der Waals surface area contributed by atoms with E-state index in [9.17, 15) is 43.5 Å². The van der Waals surface area contributed by atoms with E-state index in [2.05, 4.69) is 5.32 Å². The van der Waals surface area contributed by atoms with Gasteiger partial charge in [-0.15, -0.1) is 0 Å². The van der Waals surface area contributed by atoms with Crippen LogP contribution in [0, 0.1) is 30.3 Å². The lowest BCUT2D eigenvalue weighted by Gasteiger charge is -2.15. The van der Waals surface area contributed by atoms with Crippen molar-refractivity contribution < 1.29 is 27.9 Å². The summed E-state index contributed by atoms with van der Waals surface area (Å²) in [6.45, 7) is 0. The van der Waals surface area contributed by atoms with Crippen molar-refractivity contribution in [3.8, 4) is 0 Å². The second kappa shape index (κ2) is 7.85. The number of anilines is 2. The highest BCUT2D eigenvalue weighted by Crippen LogP contribution is 2.49. The number of non-ortho nitro benzene ring substituents is 1. The molecule has 0 aliphatic rings. The van der Waals surface area contributed by atoms with Gasteiger partial charge in [0.05, 0.1) is 36.1 Å². The topological polar surface area (TPSA) is 141 Å². The molecule has 10 nitrogen and oxygen atoms in total. The van der Waals surface area contributed by atoms with Gasteiger partial charge in [0, 0.05) is 18.2 Å². The zero-order valence-electron chi connectivity index (χ0n) is 13.3. The molecule has 2 aromatic carbocycles. The molecular formula is C13H4Cl3F3N4O6. The van der Waals surface area contributed by atoms with E-state index in [0.717, 1.165) is 12.1 Å². The molecule has 0 saturated carbocycles. The number of rotatable bonds is 5. The predicted molar refractivity (Wildman–Crippen MR) is 96.2 cm³/mol. The average molecular weight is 476 g/mol. The van der Waals surface area contributed by atoms with E-state index in [4.69, 9.17) is 34.8 Å². The molecule has 0 heterocycles. The Morgan fingerprint density at radius 2 is 1.34 bits per heavy atom. The third-order valence-corrected chi connectivity index (χ3v) is 4.37. The second-order valence-electron chi connectivity index (χ2n) is 5.16. The number of halogens is 6. The van der Waals surface area contributed by atoms with Crippen molar-refractivity contribution in [2.75, 3.05) is 5.32 Å². The number of nitro benzene ring substituents is 3. The number of alkyl halides is 3. The number of hydrogen-bond acceptors (Lipinski definition) is 7. The molecular weight excluding hydrogens is 472 g/mol. The minimum atomic E-state index is -5.23. The van der Waals surface area contributed by atoms with Gasteiger partial charge in [-0.2, -0.15) is 13.2 Å². The Morgan fingerprint density at radius 3 is 1.72 bits per heavy atom. The van der Waals surface area contributed by atoms with Gasteiger partial charge in [-0.1, -0.05) is 34.8 Å². The molecule has 1 N–H and O–H groups in total. The van der Waals surface area contributed by atoms with Gasteiger partial charge in [-0.05, 0) is 0 Å². The maximum atomic E-state index is 13.1. The van der Waals surface area contributed by atoms with Crippen LogP contribution >= 0.6 is 34.8 Å². The summed E-state index contributed by atoms with van der Waals surface area (Å²) in [4.78, 5) is 29.9. The van der Waals surface area contributed by atoms with Crippen molar-refractivity contribution in [2.24, 2.45) is 0 Å². The Labute approximate surface area is 172 Å². The summed E-state index contributed by atoms with van der Waals surface area (Å²) in [5.41, 5.74) is -6.68. The first kappa shape index (κ1) is 22.4. The van der Waals surface area contributed by atoms with Crippen LogP contribution in [0.4, 0.5) is 41.6 Å². The lowest BCUT2D eigenvalue weighted by molar-refractivity contribution is -0.392. The normalized spacial score (nSPS) is 11.2. The zero-order chi connectivity index (χ0) is 22.3. The summed E-state index contributed by atoms with van der Waals surface area (Å²) in [5, 5.41) is 33.1. The molecule has 0 bridgehead atoms. The van der Waals surface area contributed by atoms with E-state index in [1.54, 1.807) is 0 Å². The van der Waals surface area contributed by atoms with E-state index in [0.29, 0.717) is 0 Å². The number of nitrogens with one attached hydrogen (secondary N) is 1. The number of nitrogens with zero attached hydrogens (tertiary/aromatic N) is 3. The van der Waals surface area contributed by atoms with E-state index < -0.39 is 70.0 Å². The van der Waals surface area contributed by atoms with Crippen LogP contribution in [0.15, 0.2) is 18.2 Å². The highest BCUT2D eigenvalue weighted by molar-refractivity contribution is 6.40. The van der Waals surface area contributed by atoms with Crippen molar-refractivity contribution in [3.63, 3.8) is 0 Å². The molecule has 0 fully saturated rings. The zero-order valence-corrected chi connectivity index (χ0v) is 15.6. The Balaban J connectivity index is 2.83. The second-order valence-corrected chi connectivity index (χ2v) is 6.35. The summed E-state index contributed by atoms with van der Waals surface area (Å²) >= 11 is 17.2. The standard InChI is InChI=1S/C13H4Cl3F3N4O6/c14-6-1-4(21(24)25)2-7(15)10(6)20-11-8(22(26)27)3-5(13(17,18)19)9(16)12(11)23(28)29/h1-3,20H. The molecule has 16 heteroatoms. The first-order valence-electron chi connectivity index (χ1n) is 6.88. The molecule has 2 rings (SSSR count). The van der Waals surface area contributed by atoms with Crippen molar-refractivity contribution in [2.45, 2.75) is 6.18 Å². The van der Waals surface area contributed by atoms with Gasteiger partial charge in [-0.25, -0.2) is 0 Å². The SMILES string of the molecule is O=[N+]([O-])c1cc(Cl)c(Nc2c([N+](=O)[O-])cc(C(F)(F)F)c(Cl)c2[N+](=O)[O-])c(Cl)c1. The minimum Gasteiger partial charge on any atom is -0.342 e. The van der Waals surface area contributed by atoms with Crippen LogP contribution in [-0.4, -0.2) is 14.8 Å². The van der Waals surface area contributed by atoms with Crippen LogP contribution in [-0.2, 0) is 6.18 Å². The molecule has 0 saturated heterocycles. The van der Waals surface area contributed by atoms with Gasteiger partial charge in [0.25, 0.3) is 5.69 Å². The smallest absolute Gasteiger partial charge is 0.342 e. The molecule has 0 aliphatic carbocycles. The van der Waals surface area contributed by atoms with Crippen LogP contribution in [0.3, 0.4) is 0 Å². The van der Waals surface area contributed by atoms with E-state index >= 15 is 0 Å². The summed E-state index contributed by atoms with van der Waals surface area (Å²) in [6.07, 6.45) is -5.23. The highest BCUT2D eigenvalue weighted by atomic mass is 35.5. The number of benzene rings is 2. The first-order valence-corrected chi connectivity index (χ1v) is 8.02. The van der Waals surface area contributed by atoms with E-state index in [-0.39, 0.29) is 6.07 Å². The quantitative estimate of drug-likeness (QED) is 0.404. The molecule has 0 radical (unpaired) electrons. The fraction of sp³-hybridized carbons (Fsp3) is 0.0769. The van der Waals surface area contributed by atoms with Crippen LogP contribution in [0.5, 0.6) is 0 Å². The van der Waals surface area contributed by atoms with E-state index in [1.165, 1.54) is 0 Å². The molecule has 0 atom stereocenters. The fourth-order valence-electron chi connectivity index (χ4n) is 2.19. The highest BCUT2D eigenvalue weighted by Gasteiger charge is 2.42. The molecule has 0 unspecified atom stereocenters. The van der Waals surface area contributed by atoms with Gasteiger partial charge in [0.2, 0.25) is 0 Å². The average Bonchev–Trinajstić information content (AvgIpc) is 2.55.